The molecule has 0 radical (unpaired) electrons. The number of ether oxygens (including phenoxy) is 4. The van der Waals surface area contributed by atoms with Crippen LogP contribution >= 0.6 is 0 Å². The number of rotatable bonds is 13. The van der Waals surface area contributed by atoms with E-state index >= 15 is 0 Å². The zero-order valence-corrected chi connectivity index (χ0v) is 26.5. The van der Waals surface area contributed by atoms with Gasteiger partial charge in [0.2, 0.25) is 0 Å². The molecular formula is C35H36N2O11. The Bertz CT molecular complexity index is 1820. The zero-order chi connectivity index (χ0) is 34.6. The van der Waals surface area contributed by atoms with Gasteiger partial charge in [0.15, 0.2) is 0 Å². The van der Waals surface area contributed by atoms with Crippen LogP contribution in [-0.2, 0) is 24.7 Å². The maximum Gasteiger partial charge on any atom is 0.330 e. The number of benzene rings is 3. The molecule has 4 N–H and O–H groups in total. The van der Waals surface area contributed by atoms with Gasteiger partial charge in [0.1, 0.15) is 35.0 Å². The number of aromatic nitrogens is 2. The predicted octanol–water partition coefficient (Wildman–Crippen LogP) is 3.07. The molecule has 1 saturated heterocycles. The summed E-state index contributed by atoms with van der Waals surface area (Å²) in [6, 6.07) is 23.5. The molecule has 5 rings (SSSR count). The van der Waals surface area contributed by atoms with E-state index in [2.05, 4.69) is 4.98 Å². The van der Waals surface area contributed by atoms with E-state index in [1.165, 1.54) is 13.1 Å². The maximum atomic E-state index is 12.8. The molecule has 0 bridgehead atoms. The van der Waals surface area contributed by atoms with E-state index in [1.807, 2.05) is 54.6 Å². The summed E-state index contributed by atoms with van der Waals surface area (Å²) in [6.45, 7) is 1.01. The third-order valence-electron chi connectivity index (χ3n) is 8.74. The molecule has 4 atom stereocenters. The maximum absolute atomic E-state index is 12.8. The first kappa shape index (κ1) is 34.1. The van der Waals surface area contributed by atoms with Crippen molar-refractivity contribution in [3.8, 4) is 11.5 Å². The third-order valence-corrected chi connectivity index (χ3v) is 8.74. The van der Waals surface area contributed by atoms with Crippen molar-refractivity contribution in [2.45, 2.75) is 43.3 Å². The molecule has 1 aliphatic heterocycles. The van der Waals surface area contributed by atoms with Crippen LogP contribution in [0.1, 0.15) is 41.3 Å². The lowest BCUT2D eigenvalue weighted by Crippen LogP contribution is -2.52. The topological polar surface area (TPSA) is 187 Å². The Balaban J connectivity index is 1.66. The van der Waals surface area contributed by atoms with Gasteiger partial charge in [-0.2, -0.15) is 0 Å². The lowest BCUT2D eigenvalue weighted by atomic mass is 9.78. The number of nitrogens with zero attached hydrogens (tertiary/aromatic N) is 1. The first-order valence-electron chi connectivity index (χ1n) is 15.1. The van der Waals surface area contributed by atoms with E-state index in [9.17, 15) is 34.5 Å². The van der Waals surface area contributed by atoms with Crippen molar-refractivity contribution in [1.82, 2.24) is 9.55 Å². The van der Waals surface area contributed by atoms with E-state index < -0.39 is 72.1 Å². The number of aliphatic carboxylic acids is 2. The van der Waals surface area contributed by atoms with Crippen LogP contribution in [-0.4, -0.2) is 69.3 Å². The molecule has 1 fully saturated rings. The van der Waals surface area contributed by atoms with Crippen LogP contribution in [0.15, 0.2) is 94.6 Å². The minimum atomic E-state index is -2.33. The summed E-state index contributed by atoms with van der Waals surface area (Å²) in [4.78, 5) is 51.4. The van der Waals surface area contributed by atoms with Crippen molar-refractivity contribution < 1.29 is 43.9 Å². The standard InChI is InChI=1S/C35H36N2O11/c1-21-19-37(33(43)36-31(21)40)29-18-34(44,27(32(41)42)17-30(38)39)28(48-29)20-47-35(22-7-5-4-6-8-22,23-9-13-25(45-2)14-10-23)24-11-15-26(46-3)16-12-24/h4-16,19,27-29,44H,17-18,20H2,1-3H3,(H,38,39)(H,41,42)(H,36,40,43)/t27?,28-,29-,34-/m1/s1. The zero-order valence-electron chi connectivity index (χ0n) is 26.5. The van der Waals surface area contributed by atoms with E-state index in [0.717, 1.165) is 4.57 Å². The fourth-order valence-corrected chi connectivity index (χ4v) is 6.21. The second kappa shape index (κ2) is 13.9. The van der Waals surface area contributed by atoms with Crippen molar-refractivity contribution in [3.05, 3.63) is 128 Å². The van der Waals surface area contributed by atoms with E-state index in [-0.39, 0.29) is 5.56 Å². The summed E-state index contributed by atoms with van der Waals surface area (Å²) in [6.07, 6.45) is -2.90. The fraction of sp³-hybridized carbons (Fsp3) is 0.314. The van der Waals surface area contributed by atoms with Crippen molar-refractivity contribution in [2.75, 3.05) is 20.8 Å². The van der Waals surface area contributed by atoms with Crippen molar-refractivity contribution in [1.29, 1.82) is 0 Å². The van der Waals surface area contributed by atoms with Gasteiger partial charge < -0.3 is 34.3 Å². The Kier molecular flexibility index (Phi) is 9.85. The first-order valence-corrected chi connectivity index (χ1v) is 15.1. The van der Waals surface area contributed by atoms with Gasteiger partial charge in [-0.25, -0.2) is 4.79 Å². The SMILES string of the molecule is COc1ccc(C(OC[C@H]2O[C@@H](n3cc(C)c(=O)[nH]c3=O)C[C@@]2(O)C(CC(=O)O)C(=O)O)(c2ccccc2)c2ccc(OC)cc2)cc1. The smallest absolute Gasteiger partial charge is 0.330 e. The molecule has 0 amide bonds. The van der Waals surface area contributed by atoms with Gasteiger partial charge in [0, 0.05) is 18.2 Å². The number of carboxylic acids is 2. The average Bonchev–Trinajstić information content (AvgIpc) is 3.42. The van der Waals surface area contributed by atoms with Gasteiger partial charge >= 0.3 is 17.6 Å². The fourth-order valence-electron chi connectivity index (χ4n) is 6.21. The number of aryl methyl sites for hydroxylation is 1. The highest BCUT2D eigenvalue weighted by Gasteiger charge is 2.57. The second-order valence-corrected chi connectivity index (χ2v) is 11.6. The van der Waals surface area contributed by atoms with Crippen LogP contribution in [0.5, 0.6) is 11.5 Å². The van der Waals surface area contributed by atoms with Crippen LogP contribution in [0.2, 0.25) is 0 Å². The van der Waals surface area contributed by atoms with Crippen LogP contribution < -0.4 is 20.7 Å². The Morgan fingerprint density at radius 3 is 1.98 bits per heavy atom. The molecule has 3 aromatic carbocycles. The molecule has 0 spiro atoms. The monoisotopic (exact) mass is 660 g/mol. The van der Waals surface area contributed by atoms with Gasteiger partial charge in [0.05, 0.1) is 33.2 Å². The number of carbonyl (C=O) groups is 2. The van der Waals surface area contributed by atoms with Crippen LogP contribution in [0.3, 0.4) is 0 Å². The highest BCUT2D eigenvalue weighted by Crippen LogP contribution is 2.46. The molecule has 13 nitrogen and oxygen atoms in total. The normalized spacial score (nSPS) is 19.8. The summed E-state index contributed by atoms with van der Waals surface area (Å²) < 4.78 is 24.9. The Labute approximate surface area is 274 Å². The van der Waals surface area contributed by atoms with Gasteiger partial charge in [0.25, 0.3) is 5.56 Å². The molecule has 4 aromatic rings. The predicted molar refractivity (Wildman–Crippen MR) is 171 cm³/mol. The van der Waals surface area contributed by atoms with E-state index in [1.54, 1.807) is 38.5 Å². The number of methoxy groups -OCH3 is 2. The molecular weight excluding hydrogens is 624 g/mol. The van der Waals surface area contributed by atoms with Crippen LogP contribution in [0, 0.1) is 12.8 Å². The Morgan fingerprint density at radius 2 is 1.48 bits per heavy atom. The minimum Gasteiger partial charge on any atom is -0.497 e. The largest absolute Gasteiger partial charge is 0.497 e. The van der Waals surface area contributed by atoms with Crippen molar-refractivity contribution in [2.24, 2.45) is 5.92 Å². The quantitative estimate of drug-likeness (QED) is 0.154. The third kappa shape index (κ3) is 6.47. The van der Waals surface area contributed by atoms with Crippen LogP contribution in [0.4, 0.5) is 0 Å². The number of aliphatic hydroxyl groups is 1. The number of carboxylic acid groups (broad SMARTS) is 2. The van der Waals surface area contributed by atoms with E-state index in [4.69, 9.17) is 18.9 Å². The number of nitrogens with one attached hydrogen (secondary N) is 1. The minimum absolute atomic E-state index is 0.170. The summed E-state index contributed by atoms with van der Waals surface area (Å²) in [5.74, 6) is -3.69. The molecule has 1 unspecified atom stereocenters. The molecule has 1 aromatic heterocycles. The van der Waals surface area contributed by atoms with Gasteiger partial charge in [-0.1, -0.05) is 54.6 Å². The number of hydrogen-bond acceptors (Lipinski definition) is 9. The molecule has 0 aliphatic carbocycles. The molecule has 0 saturated carbocycles. The average molecular weight is 661 g/mol. The lowest BCUT2D eigenvalue weighted by molar-refractivity contribution is -0.171. The molecule has 252 valence electrons. The molecule has 2 heterocycles. The molecule has 13 heteroatoms. The molecule has 1 aliphatic rings. The van der Waals surface area contributed by atoms with Gasteiger partial charge in [-0.05, 0) is 47.9 Å². The summed E-state index contributed by atoms with van der Waals surface area (Å²) >= 11 is 0. The number of H-pyrrole nitrogens is 1. The van der Waals surface area contributed by atoms with Crippen molar-refractivity contribution >= 4 is 11.9 Å². The first-order chi connectivity index (χ1) is 22.9. The number of aromatic amines is 1. The summed E-state index contributed by atoms with van der Waals surface area (Å²) in [5, 5.41) is 31.9. The van der Waals surface area contributed by atoms with Crippen LogP contribution in [0.25, 0.3) is 0 Å². The Morgan fingerprint density at radius 1 is 0.938 bits per heavy atom. The Hall–Kier alpha value is -5.24. The number of hydrogen-bond donors (Lipinski definition) is 4. The van der Waals surface area contributed by atoms with E-state index in [0.29, 0.717) is 28.2 Å². The van der Waals surface area contributed by atoms with Gasteiger partial charge in [-0.15, -0.1) is 0 Å². The highest BCUT2D eigenvalue weighted by molar-refractivity contribution is 5.79. The highest BCUT2D eigenvalue weighted by atomic mass is 16.6. The van der Waals surface area contributed by atoms with Crippen molar-refractivity contribution in [3.63, 3.8) is 0 Å². The molecule has 48 heavy (non-hydrogen) atoms. The second-order valence-electron chi connectivity index (χ2n) is 11.6. The summed E-state index contributed by atoms with van der Waals surface area (Å²) in [5.41, 5.74) is -3.06. The summed E-state index contributed by atoms with van der Waals surface area (Å²) in [7, 11) is 3.08. The van der Waals surface area contributed by atoms with Gasteiger partial charge in [-0.3, -0.25) is 23.9 Å². The lowest BCUT2D eigenvalue weighted by Gasteiger charge is -2.39.